The van der Waals surface area contributed by atoms with E-state index < -0.39 is 10.0 Å². The predicted octanol–water partition coefficient (Wildman–Crippen LogP) is 0.324. The van der Waals surface area contributed by atoms with Gasteiger partial charge in [0.15, 0.2) is 5.13 Å². The molecule has 0 unspecified atom stereocenters. The van der Waals surface area contributed by atoms with Crippen LogP contribution in [0.5, 0.6) is 0 Å². The van der Waals surface area contributed by atoms with Gasteiger partial charge in [0.05, 0.1) is 11.4 Å². The van der Waals surface area contributed by atoms with Gasteiger partial charge in [-0.25, -0.2) is 13.4 Å². The molecule has 0 saturated carbocycles. The second-order valence-electron chi connectivity index (χ2n) is 4.92. The van der Waals surface area contributed by atoms with Crippen molar-refractivity contribution in [2.45, 2.75) is 20.3 Å². The highest BCUT2D eigenvalue weighted by Gasteiger charge is 2.24. The Morgan fingerprint density at radius 1 is 1.38 bits per heavy atom. The topological polar surface area (TPSA) is 91.4 Å². The van der Waals surface area contributed by atoms with Crippen LogP contribution in [0.15, 0.2) is 0 Å². The minimum Gasteiger partial charge on any atom is -0.314 e. The second-order valence-corrected chi connectivity index (χ2v) is 8.22. The summed E-state index contributed by atoms with van der Waals surface area (Å²) in [4.78, 5) is 17.1. The summed E-state index contributed by atoms with van der Waals surface area (Å²) in [5.74, 6) is -0.482. The molecule has 1 aromatic heterocycles. The number of carbonyl (C=O) groups is 1. The van der Waals surface area contributed by atoms with Crippen LogP contribution in [0, 0.1) is 13.8 Å². The Morgan fingerprint density at radius 2 is 2.05 bits per heavy atom. The number of carbonyl (C=O) groups excluding carboxylic acids is 1. The molecule has 0 bridgehead atoms. The van der Waals surface area contributed by atoms with Crippen molar-refractivity contribution in [3.05, 3.63) is 10.6 Å². The number of aromatic nitrogens is 1. The Kier molecular flexibility index (Phi) is 5.31. The molecule has 0 radical (unpaired) electrons. The number of nitrogens with zero attached hydrogens (tertiary/aromatic N) is 2. The van der Waals surface area contributed by atoms with E-state index in [0.29, 0.717) is 31.3 Å². The number of hydrogen-bond acceptors (Lipinski definition) is 6. The molecular weight excluding hydrogens is 312 g/mol. The number of nitrogens with one attached hydrogen (secondary N) is 2. The Labute approximate surface area is 128 Å². The lowest BCUT2D eigenvalue weighted by Crippen LogP contribution is -2.47. The summed E-state index contributed by atoms with van der Waals surface area (Å²) in [6.45, 7) is 6.05. The molecule has 118 valence electrons. The van der Waals surface area contributed by atoms with Crippen molar-refractivity contribution in [3.8, 4) is 0 Å². The van der Waals surface area contributed by atoms with Crippen molar-refractivity contribution >= 4 is 32.4 Å². The molecule has 2 N–H and O–H groups in total. The summed E-state index contributed by atoms with van der Waals surface area (Å²) in [5, 5.41) is 6.27. The van der Waals surface area contributed by atoms with Crippen molar-refractivity contribution in [2.75, 3.05) is 37.2 Å². The Bertz CT molecular complexity index is 587. The maximum Gasteiger partial charge on any atom is 0.227 e. The number of rotatable bonds is 5. The van der Waals surface area contributed by atoms with Crippen molar-refractivity contribution < 1.29 is 13.2 Å². The molecule has 1 saturated heterocycles. The van der Waals surface area contributed by atoms with Gasteiger partial charge in [-0.05, 0) is 13.8 Å². The molecule has 2 heterocycles. The van der Waals surface area contributed by atoms with Gasteiger partial charge in [0, 0.05) is 37.5 Å². The average Bonchev–Trinajstić information content (AvgIpc) is 2.76. The van der Waals surface area contributed by atoms with E-state index >= 15 is 0 Å². The highest BCUT2D eigenvalue weighted by molar-refractivity contribution is 7.89. The third-order valence-electron chi connectivity index (χ3n) is 3.33. The largest absolute Gasteiger partial charge is 0.314 e. The Morgan fingerprint density at radius 3 is 2.62 bits per heavy atom. The predicted molar refractivity (Wildman–Crippen MR) is 83.1 cm³/mol. The van der Waals surface area contributed by atoms with E-state index in [0.717, 1.165) is 10.6 Å². The smallest absolute Gasteiger partial charge is 0.227 e. The highest BCUT2D eigenvalue weighted by Crippen LogP contribution is 2.21. The molecule has 0 aliphatic carbocycles. The van der Waals surface area contributed by atoms with Crippen molar-refractivity contribution in [2.24, 2.45) is 0 Å². The molecule has 21 heavy (non-hydrogen) atoms. The van der Waals surface area contributed by atoms with Crippen LogP contribution in [-0.2, 0) is 14.8 Å². The van der Waals surface area contributed by atoms with Crippen LogP contribution >= 0.6 is 11.3 Å². The van der Waals surface area contributed by atoms with E-state index in [2.05, 4.69) is 15.6 Å². The van der Waals surface area contributed by atoms with Gasteiger partial charge < -0.3 is 10.6 Å². The van der Waals surface area contributed by atoms with Crippen molar-refractivity contribution in [1.29, 1.82) is 0 Å². The van der Waals surface area contributed by atoms with Crippen molar-refractivity contribution in [3.63, 3.8) is 0 Å². The molecule has 0 aromatic carbocycles. The zero-order chi connectivity index (χ0) is 15.5. The number of sulfonamides is 1. The Balaban J connectivity index is 1.85. The van der Waals surface area contributed by atoms with Crippen LogP contribution in [0.2, 0.25) is 0 Å². The molecule has 0 atom stereocenters. The average molecular weight is 332 g/mol. The maximum absolute atomic E-state index is 12.1. The van der Waals surface area contributed by atoms with Gasteiger partial charge in [0.25, 0.3) is 0 Å². The van der Waals surface area contributed by atoms with E-state index in [-0.39, 0.29) is 18.1 Å². The normalized spacial score (nSPS) is 16.9. The lowest BCUT2D eigenvalue weighted by Gasteiger charge is -2.26. The zero-order valence-electron chi connectivity index (χ0n) is 12.2. The number of amides is 1. The molecular formula is C12H20N4O3S2. The van der Waals surface area contributed by atoms with Gasteiger partial charge in [-0.2, -0.15) is 4.31 Å². The fourth-order valence-electron chi connectivity index (χ4n) is 1.98. The number of piperazine rings is 1. The third kappa shape index (κ3) is 4.47. The van der Waals surface area contributed by atoms with Crippen molar-refractivity contribution in [1.82, 2.24) is 14.6 Å². The molecule has 1 amide bonds. The van der Waals surface area contributed by atoms with Gasteiger partial charge >= 0.3 is 0 Å². The van der Waals surface area contributed by atoms with Crippen LogP contribution in [-0.4, -0.2) is 55.5 Å². The number of anilines is 1. The minimum absolute atomic E-state index is 0.0516. The fraction of sp³-hybridized carbons (Fsp3) is 0.667. The summed E-state index contributed by atoms with van der Waals surface area (Å²) in [6.07, 6.45) is -0.0516. The summed E-state index contributed by atoms with van der Waals surface area (Å²) >= 11 is 1.39. The number of hydrogen-bond donors (Lipinski definition) is 2. The van der Waals surface area contributed by atoms with Gasteiger partial charge in [0.2, 0.25) is 15.9 Å². The molecule has 0 spiro atoms. The molecule has 1 aliphatic heterocycles. The van der Waals surface area contributed by atoms with Gasteiger partial charge in [-0.3, -0.25) is 4.79 Å². The van der Waals surface area contributed by atoms with Gasteiger partial charge in [-0.15, -0.1) is 11.3 Å². The number of aryl methyl sites for hydroxylation is 2. The van der Waals surface area contributed by atoms with Gasteiger partial charge in [0.1, 0.15) is 0 Å². The molecule has 1 fully saturated rings. The zero-order valence-corrected chi connectivity index (χ0v) is 13.8. The summed E-state index contributed by atoms with van der Waals surface area (Å²) in [6, 6.07) is 0. The van der Waals surface area contributed by atoms with E-state index in [1.807, 2.05) is 13.8 Å². The van der Waals surface area contributed by atoms with E-state index in [4.69, 9.17) is 0 Å². The third-order valence-corrected chi connectivity index (χ3v) is 6.19. The molecule has 1 aromatic rings. The SMILES string of the molecule is Cc1nc(NC(=O)CCS(=O)(=O)N2CCNCC2)sc1C. The summed E-state index contributed by atoms with van der Waals surface area (Å²) in [5.41, 5.74) is 0.878. The molecule has 1 aliphatic rings. The fourth-order valence-corrected chi connectivity index (χ4v) is 4.25. The quantitative estimate of drug-likeness (QED) is 0.810. The monoisotopic (exact) mass is 332 g/mol. The van der Waals surface area contributed by atoms with Crippen LogP contribution in [0.3, 0.4) is 0 Å². The van der Waals surface area contributed by atoms with E-state index in [1.165, 1.54) is 15.6 Å². The lowest BCUT2D eigenvalue weighted by atomic mass is 10.4. The first kappa shape index (κ1) is 16.3. The first-order valence-corrected chi connectivity index (χ1v) is 9.23. The van der Waals surface area contributed by atoms with Crippen LogP contribution < -0.4 is 10.6 Å². The lowest BCUT2D eigenvalue weighted by molar-refractivity contribution is -0.115. The van der Waals surface area contributed by atoms with Gasteiger partial charge in [-0.1, -0.05) is 0 Å². The van der Waals surface area contributed by atoms with Crippen LogP contribution in [0.4, 0.5) is 5.13 Å². The maximum atomic E-state index is 12.1. The first-order chi connectivity index (χ1) is 9.88. The molecule has 2 rings (SSSR count). The minimum atomic E-state index is -3.36. The standard InChI is InChI=1S/C12H20N4O3S2/c1-9-10(2)20-12(14-9)15-11(17)3-8-21(18,19)16-6-4-13-5-7-16/h13H,3-8H2,1-2H3,(H,14,15,17). The van der Waals surface area contributed by atoms with Crippen LogP contribution in [0.25, 0.3) is 0 Å². The molecule has 7 nitrogen and oxygen atoms in total. The summed E-state index contributed by atoms with van der Waals surface area (Å²) in [7, 11) is -3.36. The Hall–Kier alpha value is -1.03. The van der Waals surface area contributed by atoms with E-state index in [9.17, 15) is 13.2 Å². The first-order valence-electron chi connectivity index (χ1n) is 6.81. The summed E-state index contributed by atoms with van der Waals surface area (Å²) < 4.78 is 25.7. The number of thiazole rings is 1. The van der Waals surface area contributed by atoms with Crippen LogP contribution in [0.1, 0.15) is 17.0 Å². The highest BCUT2D eigenvalue weighted by atomic mass is 32.2. The second kappa shape index (κ2) is 6.82. The molecule has 9 heteroatoms. The van der Waals surface area contributed by atoms with E-state index in [1.54, 1.807) is 0 Å².